The molecule has 180 valence electrons. The maximum Gasteiger partial charge on any atom is 0.265 e. The van der Waals surface area contributed by atoms with Crippen LogP contribution in [0.3, 0.4) is 0 Å². The Morgan fingerprint density at radius 3 is 2.24 bits per heavy atom. The van der Waals surface area contributed by atoms with Crippen LogP contribution < -0.4 is 23.8 Å². The lowest BCUT2D eigenvalue weighted by molar-refractivity contribution is -0.114. The molecule has 0 aromatic heterocycles. The number of hydrogen-bond acceptors (Lipinski definition) is 6. The summed E-state index contributed by atoms with van der Waals surface area (Å²) in [6.07, 6.45) is 0. The van der Waals surface area contributed by atoms with Crippen LogP contribution in [0, 0.1) is 5.82 Å². The first-order valence-electron chi connectivity index (χ1n) is 9.84. The van der Waals surface area contributed by atoms with E-state index >= 15 is 0 Å². The molecule has 0 atom stereocenters. The zero-order chi connectivity index (χ0) is 24.9. The minimum Gasteiger partial charge on any atom is -0.495 e. The molecule has 0 saturated heterocycles. The number of sulfonamides is 1. The van der Waals surface area contributed by atoms with E-state index in [4.69, 9.17) is 25.8 Å². The van der Waals surface area contributed by atoms with E-state index in [1.54, 1.807) is 0 Å². The molecular weight excluding hydrogens is 487 g/mol. The molecule has 0 aliphatic carbocycles. The number of carbonyl (C=O) groups is 1. The molecule has 1 amide bonds. The van der Waals surface area contributed by atoms with Crippen LogP contribution in [0.15, 0.2) is 65.6 Å². The summed E-state index contributed by atoms with van der Waals surface area (Å²) in [5.74, 6) is -0.781. The van der Waals surface area contributed by atoms with E-state index in [2.05, 4.69) is 5.32 Å². The predicted octanol–water partition coefficient (Wildman–Crippen LogP) is 4.34. The fraction of sp³-hybridized carbons (Fsp3) is 0.174. The van der Waals surface area contributed by atoms with E-state index < -0.39 is 28.3 Å². The molecule has 0 bridgehead atoms. The van der Waals surface area contributed by atoms with Gasteiger partial charge in [-0.1, -0.05) is 23.7 Å². The third kappa shape index (κ3) is 5.35. The Kier molecular flexibility index (Phi) is 7.85. The minimum atomic E-state index is -4.35. The number of rotatable bonds is 9. The SMILES string of the molecule is COc1ccc(S(=O)(=O)N(CC(=O)Nc2ccccc2F)c2cc(Cl)ccc2OC)cc1OC. The maximum atomic E-state index is 14.0. The number of amides is 1. The summed E-state index contributed by atoms with van der Waals surface area (Å²) in [5, 5.41) is 2.61. The van der Waals surface area contributed by atoms with Gasteiger partial charge in [-0.25, -0.2) is 12.8 Å². The molecule has 34 heavy (non-hydrogen) atoms. The summed E-state index contributed by atoms with van der Waals surface area (Å²) in [5.41, 5.74) is -0.0671. The zero-order valence-electron chi connectivity index (χ0n) is 18.5. The van der Waals surface area contributed by atoms with Gasteiger partial charge in [0, 0.05) is 11.1 Å². The fourth-order valence-electron chi connectivity index (χ4n) is 3.14. The summed E-state index contributed by atoms with van der Waals surface area (Å²) in [6.45, 7) is -0.693. The molecule has 0 unspecified atom stereocenters. The molecule has 0 aliphatic rings. The Labute approximate surface area is 201 Å². The van der Waals surface area contributed by atoms with Gasteiger partial charge in [-0.2, -0.15) is 0 Å². The molecule has 0 heterocycles. The standard InChI is InChI=1S/C23H22ClFN2O6S/c1-31-20-10-8-15(24)12-19(20)27(14-23(28)26-18-7-5-4-6-17(18)25)34(29,30)16-9-11-21(32-2)22(13-16)33-3/h4-13H,14H2,1-3H3,(H,26,28). The summed E-state index contributed by atoms with van der Waals surface area (Å²) in [4.78, 5) is 12.7. The van der Waals surface area contributed by atoms with Crippen LogP contribution in [-0.2, 0) is 14.8 Å². The van der Waals surface area contributed by atoms with Crippen LogP contribution in [0.5, 0.6) is 17.2 Å². The second-order valence-electron chi connectivity index (χ2n) is 6.87. The van der Waals surface area contributed by atoms with Crippen molar-refractivity contribution in [3.63, 3.8) is 0 Å². The number of carbonyl (C=O) groups excluding carboxylic acids is 1. The highest BCUT2D eigenvalue weighted by Crippen LogP contribution is 2.37. The van der Waals surface area contributed by atoms with Gasteiger partial charge in [0.15, 0.2) is 11.5 Å². The van der Waals surface area contributed by atoms with Gasteiger partial charge in [0.1, 0.15) is 18.1 Å². The average molecular weight is 509 g/mol. The summed E-state index contributed by atoms with van der Waals surface area (Å²) < 4.78 is 58.0. The van der Waals surface area contributed by atoms with Gasteiger partial charge in [0.2, 0.25) is 5.91 Å². The molecule has 3 rings (SSSR count). The Morgan fingerprint density at radius 1 is 0.941 bits per heavy atom. The van der Waals surface area contributed by atoms with Crippen molar-refractivity contribution in [2.75, 3.05) is 37.5 Å². The number of nitrogens with one attached hydrogen (secondary N) is 1. The topological polar surface area (TPSA) is 94.2 Å². The summed E-state index contributed by atoms with van der Waals surface area (Å²) in [7, 11) is -0.212. The van der Waals surface area contributed by atoms with Crippen molar-refractivity contribution < 1.29 is 31.8 Å². The number of para-hydroxylation sites is 1. The summed E-state index contributed by atoms with van der Waals surface area (Å²) in [6, 6.07) is 13.9. The highest BCUT2D eigenvalue weighted by Gasteiger charge is 2.31. The quantitative estimate of drug-likeness (QED) is 0.462. The Hall–Kier alpha value is -3.50. The Bertz CT molecular complexity index is 1300. The Morgan fingerprint density at radius 2 is 1.59 bits per heavy atom. The van der Waals surface area contributed by atoms with Crippen LogP contribution in [0.1, 0.15) is 0 Å². The van der Waals surface area contributed by atoms with Crippen molar-refractivity contribution in [1.29, 1.82) is 0 Å². The fourth-order valence-corrected chi connectivity index (χ4v) is 4.75. The molecule has 0 radical (unpaired) electrons. The molecule has 0 saturated carbocycles. The number of benzene rings is 3. The van der Waals surface area contributed by atoms with E-state index in [1.165, 1.54) is 82.0 Å². The monoisotopic (exact) mass is 508 g/mol. The van der Waals surface area contributed by atoms with Crippen LogP contribution in [-0.4, -0.2) is 42.2 Å². The van der Waals surface area contributed by atoms with Crippen molar-refractivity contribution in [1.82, 2.24) is 0 Å². The van der Waals surface area contributed by atoms with Gasteiger partial charge < -0.3 is 19.5 Å². The number of halogens is 2. The number of nitrogens with zero attached hydrogens (tertiary/aromatic N) is 1. The van der Waals surface area contributed by atoms with Crippen molar-refractivity contribution in [3.05, 3.63) is 71.5 Å². The van der Waals surface area contributed by atoms with E-state index in [9.17, 15) is 17.6 Å². The van der Waals surface area contributed by atoms with Crippen LogP contribution in [0.25, 0.3) is 0 Å². The van der Waals surface area contributed by atoms with Crippen molar-refractivity contribution >= 4 is 38.9 Å². The first-order chi connectivity index (χ1) is 16.2. The van der Waals surface area contributed by atoms with Gasteiger partial charge in [0.25, 0.3) is 10.0 Å². The van der Waals surface area contributed by atoms with Gasteiger partial charge in [-0.3, -0.25) is 9.10 Å². The van der Waals surface area contributed by atoms with Gasteiger partial charge >= 0.3 is 0 Å². The first-order valence-corrected chi connectivity index (χ1v) is 11.7. The van der Waals surface area contributed by atoms with Crippen LogP contribution >= 0.6 is 11.6 Å². The summed E-state index contributed by atoms with van der Waals surface area (Å²) >= 11 is 6.12. The molecule has 11 heteroatoms. The molecular formula is C23H22ClFN2O6S. The second kappa shape index (κ2) is 10.6. The predicted molar refractivity (Wildman–Crippen MR) is 127 cm³/mol. The largest absolute Gasteiger partial charge is 0.495 e. The minimum absolute atomic E-state index is 0.0217. The van der Waals surface area contributed by atoms with E-state index in [0.717, 1.165) is 4.31 Å². The number of hydrogen-bond donors (Lipinski definition) is 1. The molecule has 3 aromatic rings. The zero-order valence-corrected chi connectivity index (χ0v) is 20.1. The van der Waals surface area contributed by atoms with Gasteiger partial charge in [0.05, 0.1) is 37.6 Å². The highest BCUT2D eigenvalue weighted by molar-refractivity contribution is 7.92. The van der Waals surface area contributed by atoms with E-state index in [1.807, 2.05) is 0 Å². The van der Waals surface area contributed by atoms with Crippen LogP contribution in [0.4, 0.5) is 15.8 Å². The average Bonchev–Trinajstić information content (AvgIpc) is 2.83. The molecule has 1 N–H and O–H groups in total. The smallest absolute Gasteiger partial charge is 0.265 e. The van der Waals surface area contributed by atoms with Crippen molar-refractivity contribution in [2.24, 2.45) is 0 Å². The van der Waals surface area contributed by atoms with Crippen molar-refractivity contribution in [3.8, 4) is 17.2 Å². The highest BCUT2D eigenvalue weighted by atomic mass is 35.5. The maximum absolute atomic E-state index is 14.0. The van der Waals surface area contributed by atoms with Crippen molar-refractivity contribution in [2.45, 2.75) is 4.90 Å². The molecule has 0 fully saturated rings. The van der Waals surface area contributed by atoms with Crippen LogP contribution in [0.2, 0.25) is 5.02 Å². The third-order valence-electron chi connectivity index (χ3n) is 4.79. The second-order valence-corrected chi connectivity index (χ2v) is 9.17. The van der Waals surface area contributed by atoms with E-state index in [-0.39, 0.29) is 32.8 Å². The molecule has 3 aromatic carbocycles. The third-order valence-corrected chi connectivity index (χ3v) is 6.78. The lowest BCUT2D eigenvalue weighted by atomic mass is 10.3. The molecule has 8 nitrogen and oxygen atoms in total. The normalized spacial score (nSPS) is 11.0. The number of anilines is 2. The lowest BCUT2D eigenvalue weighted by Crippen LogP contribution is -2.38. The number of ether oxygens (including phenoxy) is 3. The first kappa shape index (κ1) is 25.1. The Balaban J connectivity index is 2.09. The molecule has 0 spiro atoms. The molecule has 0 aliphatic heterocycles. The lowest BCUT2D eigenvalue weighted by Gasteiger charge is -2.26. The van der Waals surface area contributed by atoms with Gasteiger partial charge in [-0.15, -0.1) is 0 Å². The van der Waals surface area contributed by atoms with E-state index in [0.29, 0.717) is 5.75 Å². The number of methoxy groups -OCH3 is 3. The van der Waals surface area contributed by atoms with Gasteiger partial charge in [-0.05, 0) is 42.5 Å².